The van der Waals surface area contributed by atoms with Crippen LogP contribution in [0.3, 0.4) is 0 Å². The zero-order chi connectivity index (χ0) is 7.40. The van der Waals surface area contributed by atoms with Crippen LogP contribution >= 0.6 is 37.2 Å². The van der Waals surface area contributed by atoms with E-state index in [1.807, 2.05) is 0 Å². The van der Waals surface area contributed by atoms with E-state index in [0.29, 0.717) is 0 Å². The highest BCUT2D eigenvalue weighted by atomic mass is 35.5. The van der Waals surface area contributed by atoms with E-state index in [-0.39, 0.29) is 37.2 Å². The van der Waals surface area contributed by atoms with Gasteiger partial charge in [0.15, 0.2) is 0 Å². The van der Waals surface area contributed by atoms with Gasteiger partial charge in [-0.1, -0.05) is 0 Å². The van der Waals surface area contributed by atoms with Crippen molar-refractivity contribution in [1.82, 2.24) is 9.80 Å². The predicted molar refractivity (Wildman–Crippen MR) is 64.7 cm³/mol. The van der Waals surface area contributed by atoms with Gasteiger partial charge in [-0.05, 0) is 7.05 Å². The van der Waals surface area contributed by atoms with Gasteiger partial charge in [0.2, 0.25) is 0 Å². The summed E-state index contributed by atoms with van der Waals surface area (Å²) in [5.41, 5.74) is 5.44. The largest absolute Gasteiger partial charge is 0.329 e. The van der Waals surface area contributed by atoms with Crippen LogP contribution in [-0.4, -0.2) is 56.1 Å². The Morgan fingerprint density at radius 1 is 1.00 bits per heavy atom. The summed E-state index contributed by atoms with van der Waals surface area (Å²) in [6, 6.07) is 0. The lowest BCUT2D eigenvalue weighted by molar-refractivity contribution is 0.157. The van der Waals surface area contributed by atoms with Crippen LogP contribution in [0.1, 0.15) is 0 Å². The average Bonchev–Trinajstić information content (AvgIpc) is 1.95. The van der Waals surface area contributed by atoms with Gasteiger partial charge in [0.1, 0.15) is 0 Å². The molecule has 0 bridgehead atoms. The monoisotopic (exact) mass is 251 g/mol. The third-order valence-corrected chi connectivity index (χ3v) is 2.04. The van der Waals surface area contributed by atoms with Crippen molar-refractivity contribution in [2.45, 2.75) is 0 Å². The molecule has 1 rings (SSSR count). The molecule has 0 atom stereocenters. The van der Waals surface area contributed by atoms with E-state index in [4.69, 9.17) is 5.73 Å². The van der Waals surface area contributed by atoms with Crippen molar-refractivity contribution in [2.75, 3.05) is 46.3 Å². The van der Waals surface area contributed by atoms with E-state index >= 15 is 0 Å². The van der Waals surface area contributed by atoms with Gasteiger partial charge in [-0.3, -0.25) is 4.90 Å². The number of nitrogens with zero attached hydrogens (tertiary/aromatic N) is 2. The quantitative estimate of drug-likeness (QED) is 0.775. The molecule has 1 saturated heterocycles. The Morgan fingerprint density at radius 3 is 1.85 bits per heavy atom. The zero-order valence-electron chi connectivity index (χ0n) is 7.94. The van der Waals surface area contributed by atoms with Gasteiger partial charge in [0.25, 0.3) is 0 Å². The molecule has 1 aliphatic heterocycles. The number of piperazine rings is 1. The van der Waals surface area contributed by atoms with Crippen molar-refractivity contribution < 1.29 is 0 Å². The van der Waals surface area contributed by atoms with Crippen molar-refractivity contribution in [2.24, 2.45) is 5.73 Å². The fraction of sp³-hybridized carbons (Fsp3) is 1.00. The molecule has 0 unspecified atom stereocenters. The van der Waals surface area contributed by atoms with Crippen LogP contribution in [0.15, 0.2) is 0 Å². The standard InChI is InChI=1S/C7H17N3.3ClH/c1-9-4-6-10(3-2-8)7-5-9;;;/h2-8H2,1H3;3*1H. The highest BCUT2D eigenvalue weighted by Gasteiger charge is 2.11. The molecule has 0 aliphatic carbocycles. The molecule has 1 heterocycles. The Hall–Kier alpha value is 0.750. The van der Waals surface area contributed by atoms with Gasteiger partial charge in [-0.2, -0.15) is 0 Å². The molecule has 0 saturated carbocycles. The molecule has 0 aromatic rings. The van der Waals surface area contributed by atoms with Crippen LogP contribution in [0.25, 0.3) is 0 Å². The summed E-state index contributed by atoms with van der Waals surface area (Å²) in [4.78, 5) is 4.77. The SMILES string of the molecule is CN1CCN(CCN)CC1.Cl.Cl.Cl. The molecule has 1 aliphatic rings. The molecule has 0 amide bonds. The minimum absolute atomic E-state index is 0. The summed E-state index contributed by atoms with van der Waals surface area (Å²) in [7, 11) is 2.17. The molecule has 0 aromatic carbocycles. The highest BCUT2D eigenvalue weighted by Crippen LogP contribution is 1.96. The number of likely N-dealkylation sites (N-methyl/N-ethyl adjacent to an activating group) is 1. The normalized spacial score (nSPS) is 18.0. The second kappa shape index (κ2) is 10.8. The maximum Gasteiger partial charge on any atom is 0.0110 e. The average molecular weight is 253 g/mol. The lowest BCUT2D eigenvalue weighted by Gasteiger charge is -2.31. The molecule has 0 spiro atoms. The van der Waals surface area contributed by atoms with E-state index < -0.39 is 0 Å². The molecule has 0 aromatic heterocycles. The van der Waals surface area contributed by atoms with Crippen molar-refractivity contribution in [1.29, 1.82) is 0 Å². The molecule has 2 N–H and O–H groups in total. The van der Waals surface area contributed by atoms with Gasteiger partial charge >= 0.3 is 0 Å². The molecule has 13 heavy (non-hydrogen) atoms. The minimum atomic E-state index is 0. The van der Waals surface area contributed by atoms with Crippen molar-refractivity contribution in [3.63, 3.8) is 0 Å². The van der Waals surface area contributed by atoms with Crippen molar-refractivity contribution >= 4 is 37.2 Å². The number of rotatable bonds is 2. The minimum Gasteiger partial charge on any atom is -0.329 e. The van der Waals surface area contributed by atoms with Crippen LogP contribution in [-0.2, 0) is 0 Å². The Bertz CT molecular complexity index is 97.0. The lowest BCUT2D eigenvalue weighted by atomic mass is 10.3. The Balaban J connectivity index is -0.000000333. The second-order valence-corrected chi connectivity index (χ2v) is 2.93. The van der Waals surface area contributed by atoms with Gasteiger partial charge < -0.3 is 10.6 Å². The van der Waals surface area contributed by atoms with Crippen LogP contribution in [0, 0.1) is 0 Å². The Labute approximate surface area is 99.2 Å². The first-order chi connectivity index (χ1) is 4.83. The first-order valence-corrected chi connectivity index (χ1v) is 3.94. The van der Waals surface area contributed by atoms with Crippen LogP contribution in [0.5, 0.6) is 0 Å². The van der Waals surface area contributed by atoms with E-state index in [2.05, 4.69) is 16.8 Å². The first kappa shape index (κ1) is 19.3. The van der Waals surface area contributed by atoms with Gasteiger partial charge in [-0.15, -0.1) is 37.2 Å². The summed E-state index contributed by atoms with van der Waals surface area (Å²) < 4.78 is 0. The van der Waals surface area contributed by atoms with Gasteiger partial charge in [-0.25, -0.2) is 0 Å². The number of hydrogen-bond donors (Lipinski definition) is 1. The molecule has 3 nitrogen and oxygen atoms in total. The van der Waals surface area contributed by atoms with E-state index in [1.54, 1.807) is 0 Å². The fourth-order valence-electron chi connectivity index (χ4n) is 1.25. The second-order valence-electron chi connectivity index (χ2n) is 2.93. The first-order valence-electron chi connectivity index (χ1n) is 3.94. The maximum absolute atomic E-state index is 5.44. The van der Waals surface area contributed by atoms with Crippen molar-refractivity contribution in [3.8, 4) is 0 Å². The maximum atomic E-state index is 5.44. The summed E-state index contributed by atoms with van der Waals surface area (Å²) in [6.07, 6.45) is 0. The van der Waals surface area contributed by atoms with Crippen LogP contribution in [0.2, 0.25) is 0 Å². The zero-order valence-corrected chi connectivity index (χ0v) is 10.4. The van der Waals surface area contributed by atoms with Crippen molar-refractivity contribution in [3.05, 3.63) is 0 Å². The Kier molecular flexibility index (Phi) is 16.1. The third kappa shape index (κ3) is 7.79. The molecule has 6 heteroatoms. The summed E-state index contributed by atoms with van der Waals surface area (Å²) in [6.45, 7) is 6.62. The van der Waals surface area contributed by atoms with Crippen LogP contribution in [0.4, 0.5) is 0 Å². The smallest absolute Gasteiger partial charge is 0.0110 e. The summed E-state index contributed by atoms with van der Waals surface area (Å²) >= 11 is 0. The molecular formula is C7H20Cl3N3. The van der Waals surface area contributed by atoms with Gasteiger partial charge in [0, 0.05) is 39.3 Å². The van der Waals surface area contributed by atoms with Crippen LogP contribution < -0.4 is 5.73 Å². The molecule has 1 fully saturated rings. The fourth-order valence-corrected chi connectivity index (χ4v) is 1.25. The van der Waals surface area contributed by atoms with Gasteiger partial charge in [0.05, 0.1) is 0 Å². The number of nitrogens with two attached hydrogens (primary N) is 1. The van der Waals surface area contributed by atoms with E-state index in [0.717, 1.165) is 13.1 Å². The highest BCUT2D eigenvalue weighted by molar-refractivity contribution is 5.86. The molecular weight excluding hydrogens is 232 g/mol. The van der Waals surface area contributed by atoms with E-state index in [1.165, 1.54) is 26.2 Å². The van der Waals surface area contributed by atoms with E-state index in [9.17, 15) is 0 Å². The Morgan fingerprint density at radius 2 is 1.46 bits per heavy atom. The molecule has 0 radical (unpaired) electrons. The number of halogens is 3. The third-order valence-electron chi connectivity index (χ3n) is 2.04. The lowest BCUT2D eigenvalue weighted by Crippen LogP contribution is -2.45. The number of hydrogen-bond acceptors (Lipinski definition) is 3. The molecule has 84 valence electrons. The summed E-state index contributed by atoms with van der Waals surface area (Å²) in [5, 5.41) is 0. The predicted octanol–water partition coefficient (Wildman–Crippen LogP) is 0.458. The topological polar surface area (TPSA) is 32.5 Å². The summed E-state index contributed by atoms with van der Waals surface area (Å²) in [5.74, 6) is 0.